The maximum absolute atomic E-state index is 13.8. The topological polar surface area (TPSA) is 70.7 Å². The van der Waals surface area contributed by atoms with E-state index in [1.165, 1.54) is 5.56 Å². The van der Waals surface area contributed by atoms with Crippen molar-refractivity contribution in [3.05, 3.63) is 35.9 Å². The average molecular weight is 462 g/mol. The predicted octanol–water partition coefficient (Wildman–Crippen LogP) is 4.43. The van der Waals surface area contributed by atoms with Gasteiger partial charge < -0.3 is 20.3 Å². The number of hydrogen-bond donors (Lipinski definition) is 2. The Hall–Kier alpha value is -2.15. The molecule has 3 rings (SSSR count). The first-order valence-corrected chi connectivity index (χ1v) is 12.3. The van der Waals surface area contributed by atoms with Crippen molar-refractivity contribution < 1.29 is 18.7 Å². The zero-order valence-corrected chi connectivity index (χ0v) is 20.5. The quantitative estimate of drug-likeness (QED) is 0.630. The van der Waals surface area contributed by atoms with Gasteiger partial charge in [0.15, 0.2) is 0 Å². The van der Waals surface area contributed by atoms with Crippen LogP contribution in [0, 0.1) is 11.8 Å². The lowest BCUT2D eigenvalue weighted by Gasteiger charge is -2.37. The first-order chi connectivity index (χ1) is 15.6. The van der Waals surface area contributed by atoms with Gasteiger partial charge in [-0.1, -0.05) is 37.3 Å². The van der Waals surface area contributed by atoms with Crippen molar-refractivity contribution in [1.82, 2.24) is 15.5 Å². The molecule has 3 atom stereocenters. The Morgan fingerprint density at radius 2 is 1.79 bits per heavy atom. The van der Waals surface area contributed by atoms with Gasteiger partial charge in [0.05, 0.1) is 6.54 Å². The number of carbonyl (C=O) groups is 2. The van der Waals surface area contributed by atoms with E-state index in [4.69, 9.17) is 4.74 Å². The third-order valence-corrected chi connectivity index (χ3v) is 6.86. The van der Waals surface area contributed by atoms with Crippen LogP contribution in [0.3, 0.4) is 0 Å². The highest BCUT2D eigenvalue weighted by atomic mass is 19.1. The number of amides is 2. The van der Waals surface area contributed by atoms with Crippen LogP contribution in [0.15, 0.2) is 30.3 Å². The molecular weight excluding hydrogens is 421 g/mol. The molecule has 2 N–H and O–H groups in total. The highest BCUT2D eigenvalue weighted by molar-refractivity contribution is 5.86. The summed E-state index contributed by atoms with van der Waals surface area (Å²) >= 11 is 0. The summed E-state index contributed by atoms with van der Waals surface area (Å²) < 4.78 is 19.2. The Kier molecular flexibility index (Phi) is 8.74. The minimum absolute atomic E-state index is 0.0567. The number of carbonyl (C=O) groups excluding carboxylic acids is 2. The molecule has 1 aromatic rings. The third-order valence-electron chi connectivity index (χ3n) is 6.86. The second-order valence-electron chi connectivity index (χ2n) is 10.6. The first-order valence-electron chi connectivity index (χ1n) is 12.3. The Labute approximate surface area is 197 Å². The van der Waals surface area contributed by atoms with Crippen LogP contribution < -0.4 is 10.6 Å². The summed E-state index contributed by atoms with van der Waals surface area (Å²) in [7, 11) is 0. The average Bonchev–Trinajstić information content (AvgIpc) is 3.21. The van der Waals surface area contributed by atoms with E-state index in [2.05, 4.69) is 34.9 Å². The Morgan fingerprint density at radius 1 is 1.12 bits per heavy atom. The standard InChI is InChI=1S/C26H40FN3O3/c1-18(20-10-12-22(13-11-20)28-16-19-8-6-5-7-9-19)23(29-25(32)33-26(2,3)4)24(31)30-15-14-21(27)17-30/h5-9,18,20-23,28H,10-17H2,1-4H3,(H,29,32)/t18-,20?,21-,22?,23-/m0/s1. The normalized spacial score (nSPS) is 25.4. The number of likely N-dealkylation sites (tertiary alicyclic amines) is 1. The van der Waals surface area contributed by atoms with Gasteiger partial charge in [-0.3, -0.25) is 4.79 Å². The van der Waals surface area contributed by atoms with E-state index in [0.29, 0.717) is 24.9 Å². The van der Waals surface area contributed by atoms with E-state index < -0.39 is 23.9 Å². The van der Waals surface area contributed by atoms with Crippen LogP contribution in [-0.2, 0) is 16.1 Å². The summed E-state index contributed by atoms with van der Waals surface area (Å²) in [5.41, 5.74) is 0.623. The number of benzene rings is 1. The van der Waals surface area contributed by atoms with Crippen LogP contribution >= 0.6 is 0 Å². The van der Waals surface area contributed by atoms with Crippen molar-refractivity contribution in [2.75, 3.05) is 13.1 Å². The molecule has 2 aliphatic rings. The van der Waals surface area contributed by atoms with Gasteiger partial charge in [0.1, 0.15) is 17.8 Å². The van der Waals surface area contributed by atoms with Crippen molar-refractivity contribution in [3.8, 4) is 0 Å². The lowest BCUT2D eigenvalue weighted by molar-refractivity contribution is -0.134. The fraction of sp³-hybridized carbons (Fsp3) is 0.692. The summed E-state index contributed by atoms with van der Waals surface area (Å²) in [5.74, 6) is 0.0593. The zero-order valence-electron chi connectivity index (χ0n) is 20.5. The van der Waals surface area contributed by atoms with E-state index >= 15 is 0 Å². The molecule has 0 bridgehead atoms. The molecule has 0 aromatic heterocycles. The first kappa shape index (κ1) is 25.5. The minimum Gasteiger partial charge on any atom is -0.444 e. The molecule has 1 aromatic carbocycles. The number of hydrogen-bond acceptors (Lipinski definition) is 4. The zero-order chi connectivity index (χ0) is 24.0. The Bertz CT molecular complexity index is 775. The van der Waals surface area contributed by atoms with Crippen LogP contribution in [-0.4, -0.2) is 53.8 Å². The fourth-order valence-electron chi connectivity index (χ4n) is 4.95. The molecule has 6 nitrogen and oxygen atoms in total. The highest BCUT2D eigenvalue weighted by Gasteiger charge is 2.39. The predicted molar refractivity (Wildman–Crippen MR) is 127 cm³/mol. The van der Waals surface area contributed by atoms with Crippen LogP contribution in [0.5, 0.6) is 0 Å². The molecule has 33 heavy (non-hydrogen) atoms. The monoisotopic (exact) mass is 461 g/mol. The molecule has 184 valence electrons. The number of ether oxygens (including phenoxy) is 1. The summed E-state index contributed by atoms with van der Waals surface area (Å²) in [5, 5.41) is 6.48. The molecule has 1 saturated heterocycles. The minimum atomic E-state index is -0.988. The molecule has 2 fully saturated rings. The van der Waals surface area contributed by atoms with E-state index in [1.807, 2.05) is 13.0 Å². The second kappa shape index (κ2) is 11.3. The van der Waals surface area contributed by atoms with Gasteiger partial charge in [0, 0.05) is 19.1 Å². The van der Waals surface area contributed by atoms with Gasteiger partial charge in [-0.25, -0.2) is 9.18 Å². The van der Waals surface area contributed by atoms with Crippen molar-refractivity contribution >= 4 is 12.0 Å². The number of alkyl halides is 1. The van der Waals surface area contributed by atoms with Gasteiger partial charge >= 0.3 is 6.09 Å². The maximum Gasteiger partial charge on any atom is 0.408 e. The van der Waals surface area contributed by atoms with E-state index in [1.54, 1.807) is 25.7 Å². The molecule has 0 radical (unpaired) electrons. The molecule has 0 spiro atoms. The van der Waals surface area contributed by atoms with E-state index in [9.17, 15) is 14.0 Å². The number of nitrogens with one attached hydrogen (secondary N) is 2. The van der Waals surface area contributed by atoms with E-state index in [-0.39, 0.29) is 18.4 Å². The van der Waals surface area contributed by atoms with Crippen molar-refractivity contribution in [3.63, 3.8) is 0 Å². The van der Waals surface area contributed by atoms with E-state index in [0.717, 1.165) is 32.2 Å². The van der Waals surface area contributed by atoms with Crippen molar-refractivity contribution in [2.45, 2.75) is 90.2 Å². The van der Waals surface area contributed by atoms with Crippen LogP contribution in [0.2, 0.25) is 0 Å². The largest absolute Gasteiger partial charge is 0.444 e. The molecule has 1 heterocycles. The fourth-order valence-corrected chi connectivity index (χ4v) is 4.95. The highest BCUT2D eigenvalue weighted by Crippen LogP contribution is 2.33. The van der Waals surface area contributed by atoms with Gasteiger partial charge in [0.2, 0.25) is 5.91 Å². The molecule has 7 heteroatoms. The molecule has 1 saturated carbocycles. The SMILES string of the molecule is C[C@@H](C1CCC(NCc2ccccc2)CC1)[C@H](NC(=O)OC(C)(C)C)C(=O)N1CC[C@H](F)C1. The maximum atomic E-state index is 13.8. The molecule has 1 aliphatic heterocycles. The lowest BCUT2D eigenvalue weighted by atomic mass is 9.75. The van der Waals surface area contributed by atoms with Crippen LogP contribution in [0.25, 0.3) is 0 Å². The summed E-state index contributed by atoms with van der Waals surface area (Å²) in [6.07, 6.45) is 2.81. The molecule has 0 unspecified atom stereocenters. The van der Waals surface area contributed by atoms with Crippen LogP contribution in [0.1, 0.15) is 65.4 Å². The number of rotatable bonds is 7. The number of halogens is 1. The molecule has 2 amide bonds. The van der Waals surface area contributed by atoms with Crippen molar-refractivity contribution in [2.24, 2.45) is 11.8 Å². The third kappa shape index (κ3) is 7.70. The van der Waals surface area contributed by atoms with Gasteiger partial charge in [-0.2, -0.15) is 0 Å². The summed E-state index contributed by atoms with van der Waals surface area (Å²) in [4.78, 5) is 27.4. The second-order valence-corrected chi connectivity index (χ2v) is 10.6. The Balaban J connectivity index is 1.58. The number of nitrogens with zero attached hydrogens (tertiary/aromatic N) is 1. The number of alkyl carbamates (subject to hydrolysis) is 1. The van der Waals surface area contributed by atoms with Crippen molar-refractivity contribution in [1.29, 1.82) is 0 Å². The molecule has 1 aliphatic carbocycles. The summed E-state index contributed by atoms with van der Waals surface area (Å²) in [6, 6.07) is 10.1. The molecular formula is C26H40FN3O3. The smallest absolute Gasteiger partial charge is 0.408 e. The Morgan fingerprint density at radius 3 is 2.36 bits per heavy atom. The summed E-state index contributed by atoms with van der Waals surface area (Å²) in [6.45, 7) is 8.78. The van der Waals surface area contributed by atoms with Gasteiger partial charge in [-0.05, 0) is 70.3 Å². The lowest BCUT2D eigenvalue weighted by Crippen LogP contribution is -2.54. The van der Waals surface area contributed by atoms with Gasteiger partial charge in [0.25, 0.3) is 0 Å². The van der Waals surface area contributed by atoms with Crippen LogP contribution in [0.4, 0.5) is 9.18 Å². The van der Waals surface area contributed by atoms with Gasteiger partial charge in [-0.15, -0.1) is 0 Å².